The van der Waals surface area contributed by atoms with Gasteiger partial charge in [-0.1, -0.05) is 36.4 Å². The lowest BCUT2D eigenvalue weighted by molar-refractivity contribution is 0.0342. The van der Waals surface area contributed by atoms with Crippen molar-refractivity contribution in [1.29, 1.82) is 0 Å². The number of benzene rings is 2. The van der Waals surface area contributed by atoms with Crippen molar-refractivity contribution in [2.75, 3.05) is 26.3 Å². The van der Waals surface area contributed by atoms with Gasteiger partial charge in [-0.15, -0.1) is 0 Å². The van der Waals surface area contributed by atoms with Crippen LogP contribution in [0.2, 0.25) is 0 Å². The van der Waals surface area contributed by atoms with Gasteiger partial charge in [0.1, 0.15) is 0 Å². The smallest absolute Gasteiger partial charge is 0.0999 e. The fourth-order valence-electron chi connectivity index (χ4n) is 3.02. The maximum absolute atomic E-state index is 5.41. The highest BCUT2D eigenvalue weighted by molar-refractivity contribution is 5.92. The molecule has 0 amide bonds. The monoisotopic (exact) mass is 293 g/mol. The fraction of sp³-hybridized carbons (Fsp3) is 0.278. The van der Waals surface area contributed by atoms with Gasteiger partial charge in [0.15, 0.2) is 0 Å². The number of rotatable bonds is 3. The summed E-state index contributed by atoms with van der Waals surface area (Å²) >= 11 is 0. The number of para-hydroxylation sites is 1. The van der Waals surface area contributed by atoms with Crippen LogP contribution in [-0.4, -0.2) is 41.4 Å². The molecule has 1 aromatic heterocycles. The average Bonchev–Trinajstić information content (AvgIpc) is 3.00. The zero-order valence-electron chi connectivity index (χ0n) is 12.5. The molecule has 0 radical (unpaired) electrons. The van der Waals surface area contributed by atoms with Gasteiger partial charge < -0.3 is 4.74 Å². The molecule has 4 heteroatoms. The van der Waals surface area contributed by atoms with Crippen LogP contribution in [0.3, 0.4) is 0 Å². The molecule has 4 nitrogen and oxygen atoms in total. The first-order chi connectivity index (χ1) is 10.9. The zero-order valence-corrected chi connectivity index (χ0v) is 12.5. The van der Waals surface area contributed by atoms with E-state index < -0.39 is 0 Å². The Morgan fingerprint density at radius 2 is 1.91 bits per heavy atom. The maximum Gasteiger partial charge on any atom is 0.0999 e. The van der Waals surface area contributed by atoms with Crippen LogP contribution in [0.5, 0.6) is 0 Å². The summed E-state index contributed by atoms with van der Waals surface area (Å²) in [5.41, 5.74) is 4.60. The van der Waals surface area contributed by atoms with Crippen LogP contribution in [0.15, 0.2) is 48.5 Å². The summed E-state index contributed by atoms with van der Waals surface area (Å²) in [6, 6.07) is 16.9. The van der Waals surface area contributed by atoms with E-state index in [0.29, 0.717) is 0 Å². The molecule has 112 valence electrons. The van der Waals surface area contributed by atoms with Crippen LogP contribution in [0.1, 0.15) is 5.56 Å². The molecule has 1 saturated heterocycles. The van der Waals surface area contributed by atoms with Gasteiger partial charge in [0, 0.05) is 30.6 Å². The number of nitrogens with zero attached hydrogens (tertiary/aromatic N) is 2. The predicted molar refractivity (Wildman–Crippen MR) is 87.6 cm³/mol. The average molecular weight is 293 g/mol. The second-order valence-corrected chi connectivity index (χ2v) is 5.71. The van der Waals surface area contributed by atoms with Crippen molar-refractivity contribution in [1.82, 2.24) is 15.1 Å². The molecule has 0 atom stereocenters. The molecule has 0 bridgehead atoms. The Morgan fingerprint density at radius 3 is 2.82 bits per heavy atom. The number of fused-ring (bicyclic) bond motifs is 1. The molecular weight excluding hydrogens is 274 g/mol. The van der Waals surface area contributed by atoms with E-state index in [0.717, 1.165) is 44.1 Å². The first-order valence-electron chi connectivity index (χ1n) is 7.73. The van der Waals surface area contributed by atoms with E-state index in [4.69, 9.17) is 4.74 Å². The van der Waals surface area contributed by atoms with Crippen molar-refractivity contribution in [3.63, 3.8) is 0 Å². The summed E-state index contributed by atoms with van der Waals surface area (Å²) in [6.07, 6.45) is 0. The van der Waals surface area contributed by atoms with E-state index in [1.807, 2.05) is 6.07 Å². The summed E-state index contributed by atoms with van der Waals surface area (Å²) in [5, 5.41) is 8.78. The van der Waals surface area contributed by atoms with Crippen LogP contribution in [-0.2, 0) is 11.3 Å². The van der Waals surface area contributed by atoms with Gasteiger partial charge in [0.05, 0.1) is 24.4 Å². The van der Waals surface area contributed by atoms with Crippen LogP contribution in [0.25, 0.3) is 22.2 Å². The Hall–Kier alpha value is -2.17. The highest BCUT2D eigenvalue weighted by Gasteiger charge is 2.12. The van der Waals surface area contributed by atoms with Gasteiger partial charge >= 0.3 is 0 Å². The first-order valence-corrected chi connectivity index (χ1v) is 7.73. The van der Waals surface area contributed by atoms with E-state index in [-0.39, 0.29) is 0 Å². The minimum absolute atomic E-state index is 0.837. The Labute approximate surface area is 129 Å². The standard InChI is InChI=1S/C18H19N3O/c1-2-7-17-16(6-1)18(20-19-17)15-5-3-4-14(12-15)13-21-8-10-22-11-9-21/h1-7,12H,8-11,13H2,(H,19,20). The SMILES string of the molecule is c1cc(CN2CCOCC2)cc(-c2n[nH]c3ccccc23)c1. The van der Waals surface area contributed by atoms with E-state index in [9.17, 15) is 0 Å². The van der Waals surface area contributed by atoms with Gasteiger partial charge in [-0.3, -0.25) is 10.00 Å². The van der Waals surface area contributed by atoms with Crippen molar-refractivity contribution in [2.24, 2.45) is 0 Å². The van der Waals surface area contributed by atoms with Crippen molar-refractivity contribution < 1.29 is 4.74 Å². The molecule has 22 heavy (non-hydrogen) atoms. The highest BCUT2D eigenvalue weighted by atomic mass is 16.5. The number of ether oxygens (including phenoxy) is 1. The molecule has 3 aromatic rings. The largest absolute Gasteiger partial charge is 0.379 e. The van der Waals surface area contributed by atoms with Crippen molar-refractivity contribution in [3.05, 3.63) is 54.1 Å². The lowest BCUT2D eigenvalue weighted by Gasteiger charge is -2.26. The molecule has 1 aliphatic heterocycles. The highest BCUT2D eigenvalue weighted by Crippen LogP contribution is 2.26. The number of hydrogen-bond acceptors (Lipinski definition) is 3. The van der Waals surface area contributed by atoms with Gasteiger partial charge in [-0.25, -0.2) is 0 Å². The molecule has 4 rings (SSSR count). The fourth-order valence-corrected chi connectivity index (χ4v) is 3.02. The molecule has 0 saturated carbocycles. The first kappa shape index (κ1) is 13.5. The second-order valence-electron chi connectivity index (χ2n) is 5.71. The topological polar surface area (TPSA) is 41.1 Å². The van der Waals surface area contributed by atoms with Crippen molar-refractivity contribution >= 4 is 10.9 Å². The van der Waals surface area contributed by atoms with E-state index in [1.54, 1.807) is 0 Å². The van der Waals surface area contributed by atoms with Gasteiger partial charge in [-0.05, 0) is 17.7 Å². The molecule has 1 N–H and O–H groups in total. The summed E-state index contributed by atoms with van der Waals surface area (Å²) in [7, 11) is 0. The number of H-pyrrole nitrogens is 1. The maximum atomic E-state index is 5.41. The Kier molecular flexibility index (Phi) is 3.62. The zero-order chi connectivity index (χ0) is 14.8. The lowest BCUT2D eigenvalue weighted by atomic mass is 10.0. The quantitative estimate of drug-likeness (QED) is 0.807. The number of aromatic amines is 1. The Morgan fingerprint density at radius 1 is 1.05 bits per heavy atom. The molecule has 0 unspecified atom stereocenters. The number of morpholine rings is 1. The van der Waals surface area contributed by atoms with Crippen molar-refractivity contribution in [3.8, 4) is 11.3 Å². The normalized spacial score (nSPS) is 16.2. The molecule has 2 heterocycles. The van der Waals surface area contributed by atoms with E-state index in [1.165, 1.54) is 16.5 Å². The third kappa shape index (κ3) is 2.63. The Balaban J connectivity index is 1.63. The minimum atomic E-state index is 0.837. The number of nitrogens with one attached hydrogen (secondary N) is 1. The summed E-state index contributed by atoms with van der Waals surface area (Å²) < 4.78 is 5.41. The predicted octanol–water partition coefficient (Wildman–Crippen LogP) is 3.06. The van der Waals surface area contributed by atoms with Crippen molar-refractivity contribution in [2.45, 2.75) is 6.54 Å². The molecular formula is C18H19N3O. The van der Waals surface area contributed by atoms with Crippen LogP contribution in [0.4, 0.5) is 0 Å². The molecule has 1 aliphatic rings. The second kappa shape index (κ2) is 5.91. The third-order valence-electron chi connectivity index (χ3n) is 4.18. The Bertz CT molecular complexity index is 775. The van der Waals surface area contributed by atoms with E-state index in [2.05, 4.69) is 57.6 Å². The minimum Gasteiger partial charge on any atom is -0.379 e. The van der Waals surface area contributed by atoms with E-state index >= 15 is 0 Å². The molecule has 0 aliphatic carbocycles. The van der Waals surface area contributed by atoms with Gasteiger partial charge in [0.2, 0.25) is 0 Å². The van der Waals surface area contributed by atoms with Crippen LogP contribution < -0.4 is 0 Å². The van der Waals surface area contributed by atoms with Crippen LogP contribution in [0, 0.1) is 0 Å². The lowest BCUT2D eigenvalue weighted by Crippen LogP contribution is -2.35. The van der Waals surface area contributed by atoms with Gasteiger partial charge in [0.25, 0.3) is 0 Å². The summed E-state index contributed by atoms with van der Waals surface area (Å²) in [4.78, 5) is 2.44. The van der Waals surface area contributed by atoms with Crippen LogP contribution >= 0.6 is 0 Å². The summed E-state index contributed by atoms with van der Waals surface area (Å²) in [5.74, 6) is 0. The third-order valence-corrected chi connectivity index (χ3v) is 4.18. The number of hydrogen-bond donors (Lipinski definition) is 1. The molecule has 1 fully saturated rings. The number of aromatic nitrogens is 2. The molecule has 2 aromatic carbocycles. The van der Waals surface area contributed by atoms with Gasteiger partial charge in [-0.2, -0.15) is 5.10 Å². The summed E-state index contributed by atoms with van der Waals surface area (Å²) in [6.45, 7) is 4.66. The molecule has 0 spiro atoms.